The van der Waals surface area contributed by atoms with E-state index in [4.69, 9.17) is 24.7 Å². The van der Waals surface area contributed by atoms with Crippen molar-refractivity contribution in [2.24, 2.45) is 20.5 Å². The zero-order chi connectivity index (χ0) is 37.5. The smallest absolute Gasteiger partial charge is 0.340 e. The molecular weight excluding hydrogens is 698 g/mol. The molecule has 0 bridgehead atoms. The van der Waals surface area contributed by atoms with Crippen molar-refractivity contribution >= 4 is 61.3 Å². The number of nitrogens with zero attached hydrogens (tertiary/aromatic N) is 4. The Morgan fingerprint density at radius 3 is 1.69 bits per heavy atom. The number of likely N-dealkylation sites (N-methyl/N-ethyl adjacent to an activating group) is 2. The molecule has 0 fully saturated rings. The van der Waals surface area contributed by atoms with Crippen LogP contribution >= 0.6 is 0 Å². The van der Waals surface area contributed by atoms with Crippen molar-refractivity contribution in [2.75, 3.05) is 72.6 Å². The number of rotatable bonds is 19. The van der Waals surface area contributed by atoms with Gasteiger partial charge in [0, 0.05) is 23.9 Å². The third-order valence-electron chi connectivity index (χ3n) is 7.19. The molecule has 0 aromatic heterocycles. The fraction of sp³-hybridized carbons (Fsp3) is 0.294. The zero-order valence-electron chi connectivity index (χ0n) is 28.4. The molecule has 18 heteroatoms. The number of nitrogens with two attached hydrogens (primary N) is 1. The van der Waals surface area contributed by atoms with Gasteiger partial charge in [0.1, 0.15) is 40.9 Å². The summed E-state index contributed by atoms with van der Waals surface area (Å²) in [7, 11) is -1.47. The molecule has 0 aliphatic heterocycles. The summed E-state index contributed by atoms with van der Waals surface area (Å²) in [5, 5.41) is 33.5. The van der Waals surface area contributed by atoms with E-state index in [-0.39, 0.29) is 71.1 Å². The molecule has 0 radical (unpaired) electrons. The van der Waals surface area contributed by atoms with E-state index in [9.17, 15) is 27.7 Å². The summed E-state index contributed by atoms with van der Waals surface area (Å²) >= 11 is 0. The summed E-state index contributed by atoms with van der Waals surface area (Å²) in [4.78, 5) is 24.7. The van der Waals surface area contributed by atoms with E-state index < -0.39 is 38.4 Å². The summed E-state index contributed by atoms with van der Waals surface area (Å²) < 4.78 is 56.7. The van der Waals surface area contributed by atoms with Gasteiger partial charge in [-0.2, -0.15) is 8.42 Å². The third-order valence-corrected chi connectivity index (χ3v) is 8.06. The molecule has 0 amide bonds. The Balaban J connectivity index is 1.65. The Labute approximate surface area is 299 Å². The van der Waals surface area contributed by atoms with E-state index in [1.165, 1.54) is 36.4 Å². The minimum absolute atomic E-state index is 0.00416. The van der Waals surface area contributed by atoms with E-state index >= 15 is 0 Å². The standard InChI is InChI=1S/C34H39N7O10S/c1-36-13-15-48-17-19-50-33(43)23-7-3-5-9-27(23)38-40-30-25-21-29(52(45,46)47)31(32(42)22(25)11-12-26(30)35)41-39-28-10-6-4-8-24(28)34(44)51-20-18-49-16-14-37-2/h3-12,21,36-37,42H,13-20,35H2,1-2H3,(H,45,46,47). The van der Waals surface area contributed by atoms with Crippen LogP contribution in [0.5, 0.6) is 5.75 Å². The quantitative estimate of drug-likeness (QED) is 0.0280. The predicted octanol–water partition coefficient (Wildman–Crippen LogP) is 4.99. The Bertz CT molecular complexity index is 2040. The molecule has 0 aliphatic rings. The van der Waals surface area contributed by atoms with Crippen molar-refractivity contribution in [3.05, 3.63) is 77.9 Å². The molecule has 0 unspecified atom stereocenters. The van der Waals surface area contributed by atoms with Gasteiger partial charge in [-0.3, -0.25) is 4.55 Å². The van der Waals surface area contributed by atoms with Crippen molar-refractivity contribution in [3.63, 3.8) is 0 Å². The van der Waals surface area contributed by atoms with Crippen LogP contribution in [-0.4, -0.2) is 96.8 Å². The molecule has 0 atom stereocenters. The topological polar surface area (TPSA) is 245 Å². The van der Waals surface area contributed by atoms with Gasteiger partial charge in [0.05, 0.1) is 43.2 Å². The number of azo groups is 2. The number of esters is 2. The van der Waals surface area contributed by atoms with Gasteiger partial charge in [-0.15, -0.1) is 20.5 Å². The second-order valence-electron chi connectivity index (χ2n) is 10.8. The third kappa shape index (κ3) is 10.6. The monoisotopic (exact) mass is 737 g/mol. The number of aromatic hydroxyl groups is 1. The van der Waals surface area contributed by atoms with Crippen LogP contribution < -0.4 is 16.4 Å². The number of carbonyl (C=O) groups is 2. The first-order chi connectivity index (χ1) is 25.1. The van der Waals surface area contributed by atoms with Crippen molar-refractivity contribution in [2.45, 2.75) is 4.90 Å². The number of anilines is 1. The van der Waals surface area contributed by atoms with Gasteiger partial charge in [-0.05, 0) is 56.6 Å². The molecule has 6 N–H and O–H groups in total. The summed E-state index contributed by atoms with van der Waals surface area (Å²) in [6, 6.07) is 16.0. The summed E-state index contributed by atoms with van der Waals surface area (Å²) in [5.41, 5.74) is 5.74. The highest BCUT2D eigenvalue weighted by Crippen LogP contribution is 2.46. The molecule has 17 nitrogen and oxygen atoms in total. The van der Waals surface area contributed by atoms with E-state index in [2.05, 4.69) is 31.1 Å². The lowest BCUT2D eigenvalue weighted by Gasteiger charge is -2.12. The lowest BCUT2D eigenvalue weighted by Crippen LogP contribution is -2.17. The fourth-order valence-electron chi connectivity index (χ4n) is 4.60. The molecule has 0 heterocycles. The number of hydrogen-bond acceptors (Lipinski definition) is 16. The first-order valence-electron chi connectivity index (χ1n) is 15.9. The number of phenolic OH excluding ortho intramolecular Hbond substituents is 1. The minimum atomic E-state index is -5.04. The van der Waals surface area contributed by atoms with Crippen LogP contribution in [0.3, 0.4) is 0 Å². The molecule has 0 aliphatic carbocycles. The van der Waals surface area contributed by atoms with Crippen molar-refractivity contribution in [1.82, 2.24) is 10.6 Å². The van der Waals surface area contributed by atoms with Crippen LogP contribution in [0.2, 0.25) is 0 Å². The largest absolute Gasteiger partial charge is 0.505 e. The van der Waals surface area contributed by atoms with Gasteiger partial charge >= 0.3 is 11.9 Å². The fourth-order valence-corrected chi connectivity index (χ4v) is 5.24. The average Bonchev–Trinajstić information content (AvgIpc) is 3.13. The molecule has 4 aromatic rings. The van der Waals surface area contributed by atoms with Gasteiger partial charge in [0.15, 0.2) is 5.75 Å². The number of carbonyl (C=O) groups excluding carboxylic acids is 2. The number of nitrogens with one attached hydrogen (secondary N) is 2. The maximum absolute atomic E-state index is 12.8. The minimum Gasteiger partial charge on any atom is -0.505 e. The first kappa shape index (κ1) is 39.4. The van der Waals surface area contributed by atoms with Crippen LogP contribution in [0.4, 0.5) is 28.4 Å². The average molecular weight is 738 g/mol. The van der Waals surface area contributed by atoms with Crippen molar-refractivity contribution in [3.8, 4) is 5.75 Å². The molecule has 4 aromatic carbocycles. The van der Waals surface area contributed by atoms with Crippen LogP contribution in [-0.2, 0) is 29.1 Å². The number of hydrogen-bond donors (Lipinski definition) is 5. The predicted molar refractivity (Wildman–Crippen MR) is 191 cm³/mol. The van der Waals surface area contributed by atoms with Gasteiger partial charge in [-0.1, -0.05) is 24.3 Å². The highest BCUT2D eigenvalue weighted by Gasteiger charge is 2.24. The number of fused-ring (bicyclic) bond motifs is 1. The van der Waals surface area contributed by atoms with Crippen molar-refractivity contribution < 1.29 is 46.6 Å². The van der Waals surface area contributed by atoms with Crippen molar-refractivity contribution in [1.29, 1.82) is 0 Å². The first-order valence-corrected chi connectivity index (χ1v) is 17.4. The number of phenols is 1. The molecule has 0 spiro atoms. The maximum atomic E-state index is 12.8. The van der Waals surface area contributed by atoms with E-state index in [1.54, 1.807) is 38.4 Å². The van der Waals surface area contributed by atoms with E-state index in [1.807, 2.05) is 0 Å². The van der Waals surface area contributed by atoms with Crippen LogP contribution in [0.1, 0.15) is 20.7 Å². The van der Waals surface area contributed by atoms with E-state index in [0.29, 0.717) is 26.3 Å². The Morgan fingerprint density at radius 1 is 0.692 bits per heavy atom. The SMILES string of the molecule is CNCCOCCOC(=O)c1ccccc1N=Nc1c(S(=O)(=O)O)cc2c(N=Nc3ccccc3C(=O)OCCOCCNC)c(N)ccc2c1O. The number of nitrogen functional groups attached to an aromatic ring is 1. The Morgan fingerprint density at radius 2 is 1.19 bits per heavy atom. The van der Waals surface area contributed by atoms with Gasteiger partial charge in [-0.25, -0.2) is 9.59 Å². The summed E-state index contributed by atoms with van der Waals surface area (Å²) in [6.07, 6.45) is 0. The molecule has 0 saturated carbocycles. The van der Waals surface area contributed by atoms with Gasteiger partial charge in [0.2, 0.25) is 0 Å². The summed E-state index contributed by atoms with van der Waals surface area (Å²) in [5.74, 6) is -2.10. The van der Waals surface area contributed by atoms with E-state index in [0.717, 1.165) is 6.07 Å². The van der Waals surface area contributed by atoms with Gasteiger partial charge in [0.25, 0.3) is 10.1 Å². The second kappa shape index (κ2) is 19.3. The molecule has 52 heavy (non-hydrogen) atoms. The zero-order valence-corrected chi connectivity index (χ0v) is 29.3. The summed E-state index contributed by atoms with van der Waals surface area (Å²) in [6.45, 7) is 2.48. The number of benzene rings is 4. The van der Waals surface area contributed by atoms with Crippen LogP contribution in [0.25, 0.3) is 10.8 Å². The normalized spacial score (nSPS) is 11.8. The van der Waals surface area contributed by atoms with Crippen LogP contribution in [0.15, 0.2) is 92.1 Å². The van der Waals surface area contributed by atoms with Gasteiger partial charge < -0.3 is 40.4 Å². The Kier molecular flexibility index (Phi) is 14.6. The lowest BCUT2D eigenvalue weighted by molar-refractivity contribution is 0.0318. The second-order valence-corrected chi connectivity index (χ2v) is 12.2. The highest BCUT2D eigenvalue weighted by molar-refractivity contribution is 7.86. The lowest BCUT2D eigenvalue weighted by atomic mass is 10.1. The number of ether oxygens (including phenoxy) is 4. The molecule has 276 valence electrons. The molecule has 0 saturated heterocycles. The van der Waals surface area contributed by atoms with Crippen LogP contribution in [0, 0.1) is 0 Å². The highest BCUT2D eigenvalue weighted by atomic mass is 32.2. The Hall–Kier alpha value is -5.37. The molecule has 4 rings (SSSR count). The maximum Gasteiger partial charge on any atom is 0.340 e. The molecular formula is C34H39N7O10S.